The number of nitrogens with zero attached hydrogens (tertiary/aromatic N) is 1. The van der Waals surface area contributed by atoms with E-state index in [-0.39, 0.29) is 0 Å². The first-order valence-corrected chi connectivity index (χ1v) is 6.05. The Balaban J connectivity index is 0. The highest BCUT2D eigenvalue weighted by molar-refractivity contribution is 7.79. The molecule has 0 spiro atoms. The van der Waals surface area contributed by atoms with Crippen LogP contribution in [-0.4, -0.2) is 62.4 Å². The van der Waals surface area contributed by atoms with Crippen molar-refractivity contribution in [2.24, 2.45) is 0 Å². The Labute approximate surface area is 92.0 Å². The number of hydrogen-bond acceptors (Lipinski definition) is 4. The van der Waals surface area contributed by atoms with Gasteiger partial charge in [0, 0.05) is 7.11 Å². The zero-order valence-corrected chi connectivity index (χ0v) is 10.6. The van der Waals surface area contributed by atoms with Crippen LogP contribution in [0.1, 0.15) is 13.8 Å². The number of hydrogen-bond donors (Lipinski definition) is 1. The van der Waals surface area contributed by atoms with Gasteiger partial charge in [-0.05, 0) is 13.8 Å². The summed E-state index contributed by atoms with van der Waals surface area (Å²) in [5.74, 6) is 0. The molecule has 0 heterocycles. The molecule has 0 saturated heterocycles. The molecule has 0 rings (SSSR count). The zero-order chi connectivity index (χ0) is 12.5. The highest BCUT2D eigenvalue weighted by Gasteiger charge is 2.14. The summed E-state index contributed by atoms with van der Waals surface area (Å²) in [6.07, 6.45) is 0. The van der Waals surface area contributed by atoms with Gasteiger partial charge in [0.25, 0.3) is 0 Å². The van der Waals surface area contributed by atoms with Crippen LogP contribution in [-0.2, 0) is 15.1 Å². The van der Waals surface area contributed by atoms with Crippen LogP contribution in [0.2, 0.25) is 0 Å². The Bertz CT molecular complexity index is 227. The second-order valence-corrected chi connectivity index (χ2v) is 4.25. The molecule has 0 aliphatic rings. The van der Waals surface area contributed by atoms with Crippen LogP contribution in [0.25, 0.3) is 0 Å². The summed E-state index contributed by atoms with van der Waals surface area (Å²) in [5, 5.41) is 0. The summed E-state index contributed by atoms with van der Waals surface area (Å²) in [6.45, 7) is 8.83. The maximum atomic E-state index is 8.63. The van der Waals surface area contributed by atoms with Crippen LogP contribution in [0.15, 0.2) is 0 Å². The Morgan fingerprint density at radius 1 is 1.33 bits per heavy atom. The fourth-order valence-corrected chi connectivity index (χ4v) is 0.852. The van der Waals surface area contributed by atoms with Crippen molar-refractivity contribution in [3.05, 3.63) is 0 Å². The highest BCUT2D eigenvalue weighted by atomic mass is 32.3. The standard InChI is InChI=1S/C8H20NO.H2O4S/c1-5-9(3,6-2)7-8-10-4;1-5(2,3)4/h5-8H2,1-4H3;(H2,1,2,3,4)/q+1;/p-1. The van der Waals surface area contributed by atoms with E-state index in [2.05, 4.69) is 20.9 Å². The van der Waals surface area contributed by atoms with E-state index >= 15 is 0 Å². The lowest BCUT2D eigenvalue weighted by atomic mass is 10.4. The maximum Gasteiger partial charge on any atom is 0.215 e. The lowest BCUT2D eigenvalue weighted by Crippen LogP contribution is -2.45. The van der Waals surface area contributed by atoms with Gasteiger partial charge in [-0.2, -0.15) is 0 Å². The monoisotopic (exact) mass is 243 g/mol. The summed E-state index contributed by atoms with van der Waals surface area (Å²) in [5.41, 5.74) is 0. The summed E-state index contributed by atoms with van der Waals surface area (Å²) < 4.78 is 39.0. The molecule has 0 fully saturated rings. The van der Waals surface area contributed by atoms with Crippen LogP contribution in [0, 0.1) is 0 Å². The summed E-state index contributed by atoms with van der Waals surface area (Å²) in [4.78, 5) is 0. The van der Waals surface area contributed by atoms with Gasteiger partial charge in [0.05, 0.1) is 26.7 Å². The number of rotatable bonds is 5. The smallest absolute Gasteiger partial charge is 0.215 e. The van der Waals surface area contributed by atoms with E-state index in [9.17, 15) is 0 Å². The van der Waals surface area contributed by atoms with E-state index in [1.807, 2.05) is 0 Å². The Hall–Kier alpha value is -0.210. The van der Waals surface area contributed by atoms with Crippen molar-refractivity contribution in [2.75, 3.05) is 40.4 Å². The topological polar surface area (TPSA) is 86.7 Å². The highest BCUT2D eigenvalue weighted by Crippen LogP contribution is 1.99. The van der Waals surface area contributed by atoms with Crippen LogP contribution < -0.4 is 0 Å². The van der Waals surface area contributed by atoms with Crippen LogP contribution in [0.3, 0.4) is 0 Å². The summed E-state index contributed by atoms with van der Waals surface area (Å²) in [6, 6.07) is 0. The van der Waals surface area contributed by atoms with Gasteiger partial charge in [-0.3, -0.25) is 4.55 Å². The van der Waals surface area contributed by atoms with Crippen LogP contribution in [0.4, 0.5) is 0 Å². The van der Waals surface area contributed by atoms with Gasteiger partial charge in [0.1, 0.15) is 6.54 Å². The fraction of sp³-hybridized carbons (Fsp3) is 1.00. The number of likely N-dealkylation sites (N-methyl/N-ethyl adjacent to an activating group) is 1. The third-order valence-corrected chi connectivity index (χ3v) is 2.36. The van der Waals surface area contributed by atoms with E-state index in [0.29, 0.717) is 0 Å². The van der Waals surface area contributed by atoms with Gasteiger partial charge >= 0.3 is 0 Å². The average Bonchev–Trinajstić information content (AvgIpc) is 2.12. The molecule has 7 heteroatoms. The first kappa shape index (κ1) is 17.2. The van der Waals surface area contributed by atoms with Crippen LogP contribution in [0.5, 0.6) is 0 Å². The van der Waals surface area contributed by atoms with Gasteiger partial charge in [0.2, 0.25) is 10.4 Å². The van der Waals surface area contributed by atoms with Crippen LogP contribution >= 0.6 is 0 Å². The molecule has 0 aromatic rings. The Morgan fingerprint density at radius 2 is 1.67 bits per heavy atom. The molecule has 0 saturated carbocycles. The normalized spacial score (nSPS) is 11.9. The predicted molar refractivity (Wildman–Crippen MR) is 56.3 cm³/mol. The average molecular weight is 243 g/mol. The molecule has 0 aromatic heterocycles. The van der Waals surface area contributed by atoms with Gasteiger partial charge in [-0.1, -0.05) is 0 Å². The van der Waals surface area contributed by atoms with E-state index in [1.165, 1.54) is 13.1 Å². The first-order chi connectivity index (χ1) is 6.68. The van der Waals surface area contributed by atoms with Gasteiger partial charge in [-0.25, -0.2) is 8.42 Å². The zero-order valence-electron chi connectivity index (χ0n) is 9.76. The number of quaternary nitrogens is 1. The van der Waals surface area contributed by atoms with Gasteiger partial charge < -0.3 is 13.8 Å². The van der Waals surface area contributed by atoms with Gasteiger partial charge in [-0.15, -0.1) is 0 Å². The van der Waals surface area contributed by atoms with Crippen molar-refractivity contribution < 1.29 is 26.7 Å². The van der Waals surface area contributed by atoms with E-state index in [0.717, 1.165) is 17.6 Å². The minimum absolute atomic E-state index is 0.873. The summed E-state index contributed by atoms with van der Waals surface area (Å²) in [7, 11) is -0.894. The van der Waals surface area contributed by atoms with Crippen molar-refractivity contribution in [2.45, 2.75) is 13.8 Å². The van der Waals surface area contributed by atoms with E-state index < -0.39 is 10.4 Å². The minimum Gasteiger partial charge on any atom is -0.726 e. The van der Waals surface area contributed by atoms with Crippen molar-refractivity contribution in [3.63, 3.8) is 0 Å². The molecule has 0 radical (unpaired) electrons. The second-order valence-electron chi connectivity index (χ2n) is 3.40. The molecule has 0 atom stereocenters. The molecule has 0 aromatic carbocycles. The molecule has 6 nitrogen and oxygen atoms in total. The van der Waals surface area contributed by atoms with Crippen molar-refractivity contribution in [3.8, 4) is 0 Å². The molecule has 0 amide bonds. The first-order valence-electron chi connectivity index (χ1n) is 4.69. The maximum absolute atomic E-state index is 8.63. The molecule has 0 aliphatic heterocycles. The van der Waals surface area contributed by atoms with Crippen molar-refractivity contribution in [1.82, 2.24) is 0 Å². The number of methoxy groups -OCH3 is 1. The van der Waals surface area contributed by atoms with Crippen molar-refractivity contribution >= 4 is 10.4 Å². The van der Waals surface area contributed by atoms with Gasteiger partial charge in [0.15, 0.2) is 0 Å². The second kappa shape index (κ2) is 8.00. The molecular formula is C8H21NO5S. The van der Waals surface area contributed by atoms with Crippen molar-refractivity contribution in [1.29, 1.82) is 0 Å². The largest absolute Gasteiger partial charge is 0.726 e. The quantitative estimate of drug-likeness (QED) is 0.421. The molecule has 1 N–H and O–H groups in total. The Morgan fingerprint density at radius 3 is 1.87 bits per heavy atom. The SMILES string of the molecule is CC[N+](C)(CC)CCOC.O=S(=O)([O-])O. The Kier molecular flexibility index (Phi) is 9.17. The van der Waals surface area contributed by atoms with E-state index in [1.54, 1.807) is 7.11 Å². The fourth-order valence-electron chi connectivity index (χ4n) is 0.852. The molecule has 15 heavy (non-hydrogen) atoms. The molecular weight excluding hydrogens is 222 g/mol. The third-order valence-electron chi connectivity index (χ3n) is 2.36. The molecule has 0 aliphatic carbocycles. The predicted octanol–water partition coefficient (Wildman–Crippen LogP) is 0.124. The third kappa shape index (κ3) is 16.5. The lowest BCUT2D eigenvalue weighted by molar-refractivity contribution is -0.906. The summed E-state index contributed by atoms with van der Waals surface area (Å²) >= 11 is 0. The molecule has 0 bridgehead atoms. The molecule has 0 unspecified atom stereocenters. The molecule has 94 valence electrons. The van der Waals surface area contributed by atoms with E-state index in [4.69, 9.17) is 22.3 Å². The number of ether oxygens (including phenoxy) is 1. The lowest BCUT2D eigenvalue weighted by Gasteiger charge is -2.31. The minimum atomic E-state index is -4.92.